The van der Waals surface area contributed by atoms with E-state index in [0.29, 0.717) is 5.25 Å². The molecule has 1 unspecified atom stereocenters. The number of benzene rings is 1. The monoisotopic (exact) mass is 254 g/mol. The van der Waals surface area contributed by atoms with E-state index in [9.17, 15) is 10.1 Å². The molecule has 1 atom stereocenters. The Kier molecular flexibility index (Phi) is 6.00. The van der Waals surface area contributed by atoms with Crippen molar-refractivity contribution in [3.05, 3.63) is 39.9 Å². The summed E-state index contributed by atoms with van der Waals surface area (Å²) in [6.07, 6.45) is 3.25. The van der Waals surface area contributed by atoms with E-state index in [0.717, 1.165) is 25.1 Å². The van der Waals surface area contributed by atoms with Crippen molar-refractivity contribution in [2.45, 2.75) is 25.1 Å². The molecule has 1 aromatic carbocycles. The van der Waals surface area contributed by atoms with Gasteiger partial charge in [-0.05, 0) is 24.8 Å². The van der Waals surface area contributed by atoms with E-state index in [2.05, 4.69) is 18.5 Å². The third-order valence-electron chi connectivity index (χ3n) is 2.61. The quantitative estimate of drug-likeness (QED) is 0.462. The van der Waals surface area contributed by atoms with E-state index >= 15 is 0 Å². The second-order valence-corrected chi connectivity index (χ2v) is 5.21. The van der Waals surface area contributed by atoms with Gasteiger partial charge in [-0.2, -0.15) is 11.8 Å². The molecule has 0 aromatic heterocycles. The van der Waals surface area contributed by atoms with Gasteiger partial charge >= 0.3 is 0 Å². The highest BCUT2D eigenvalue weighted by atomic mass is 32.2. The van der Waals surface area contributed by atoms with Crippen molar-refractivity contribution in [1.29, 1.82) is 0 Å². The fourth-order valence-electron chi connectivity index (χ4n) is 1.39. The molecular formula is C12H18N2O2S. The number of nitrogens with one attached hydrogen (secondary N) is 1. The summed E-state index contributed by atoms with van der Waals surface area (Å²) in [5, 5.41) is 14.5. The van der Waals surface area contributed by atoms with Crippen LogP contribution in [0.5, 0.6) is 0 Å². The predicted molar refractivity (Wildman–Crippen MR) is 72.4 cm³/mol. The SMILES string of the molecule is CSC(C)CCNCc1ccc([N+](=O)[O-])cc1. The summed E-state index contributed by atoms with van der Waals surface area (Å²) in [6.45, 7) is 3.94. The van der Waals surface area contributed by atoms with Crippen molar-refractivity contribution in [2.24, 2.45) is 0 Å². The molecule has 0 aliphatic carbocycles. The Morgan fingerprint density at radius 1 is 1.41 bits per heavy atom. The molecular weight excluding hydrogens is 236 g/mol. The lowest BCUT2D eigenvalue weighted by molar-refractivity contribution is -0.384. The van der Waals surface area contributed by atoms with E-state index in [4.69, 9.17) is 0 Å². The van der Waals surface area contributed by atoms with Crippen LogP contribution in [0.25, 0.3) is 0 Å². The molecule has 94 valence electrons. The highest BCUT2D eigenvalue weighted by molar-refractivity contribution is 7.99. The molecule has 1 aromatic rings. The van der Waals surface area contributed by atoms with Crippen molar-refractivity contribution in [1.82, 2.24) is 5.32 Å². The summed E-state index contributed by atoms with van der Waals surface area (Å²) in [6, 6.07) is 6.68. The number of nitro groups is 1. The predicted octanol–water partition coefficient (Wildman–Crippen LogP) is 2.83. The van der Waals surface area contributed by atoms with Gasteiger partial charge < -0.3 is 5.32 Å². The Morgan fingerprint density at radius 3 is 2.59 bits per heavy atom. The maximum Gasteiger partial charge on any atom is 0.269 e. The topological polar surface area (TPSA) is 55.2 Å². The number of nitro benzene ring substituents is 1. The Balaban J connectivity index is 2.30. The van der Waals surface area contributed by atoms with Gasteiger partial charge in [0.15, 0.2) is 0 Å². The molecule has 5 heteroatoms. The third kappa shape index (κ3) is 5.19. The minimum atomic E-state index is -0.378. The standard InChI is InChI=1S/C12H18N2O2S/c1-10(17-2)7-8-13-9-11-3-5-12(6-4-11)14(15)16/h3-6,10,13H,7-9H2,1-2H3. The molecule has 0 radical (unpaired) electrons. The first-order valence-corrected chi connectivity index (χ1v) is 6.89. The molecule has 0 saturated carbocycles. The lowest BCUT2D eigenvalue weighted by Gasteiger charge is -2.08. The van der Waals surface area contributed by atoms with E-state index in [-0.39, 0.29) is 10.6 Å². The number of hydrogen-bond acceptors (Lipinski definition) is 4. The van der Waals surface area contributed by atoms with Crippen molar-refractivity contribution in [3.63, 3.8) is 0 Å². The van der Waals surface area contributed by atoms with Crippen LogP contribution >= 0.6 is 11.8 Å². The van der Waals surface area contributed by atoms with Crippen molar-refractivity contribution in [3.8, 4) is 0 Å². The largest absolute Gasteiger partial charge is 0.313 e. The van der Waals surface area contributed by atoms with E-state index in [1.165, 1.54) is 0 Å². The lowest BCUT2D eigenvalue weighted by Crippen LogP contribution is -2.17. The summed E-state index contributed by atoms with van der Waals surface area (Å²) in [4.78, 5) is 10.1. The minimum absolute atomic E-state index is 0.143. The number of non-ortho nitro benzene ring substituents is 1. The second-order valence-electron chi connectivity index (χ2n) is 3.94. The normalized spacial score (nSPS) is 12.4. The highest BCUT2D eigenvalue weighted by Gasteiger charge is 2.03. The van der Waals surface area contributed by atoms with Gasteiger partial charge in [-0.3, -0.25) is 10.1 Å². The van der Waals surface area contributed by atoms with Gasteiger partial charge in [-0.25, -0.2) is 0 Å². The molecule has 0 spiro atoms. The first-order valence-electron chi connectivity index (χ1n) is 5.60. The van der Waals surface area contributed by atoms with Crippen LogP contribution in [0.4, 0.5) is 5.69 Å². The van der Waals surface area contributed by atoms with E-state index in [1.807, 2.05) is 11.8 Å². The maximum absolute atomic E-state index is 10.5. The molecule has 0 saturated heterocycles. The molecule has 4 nitrogen and oxygen atoms in total. The van der Waals surface area contributed by atoms with Crippen LogP contribution in [0.3, 0.4) is 0 Å². The van der Waals surface area contributed by atoms with Gasteiger partial charge in [0, 0.05) is 23.9 Å². The zero-order valence-corrected chi connectivity index (χ0v) is 11.0. The summed E-state index contributed by atoms with van der Waals surface area (Å²) in [5.41, 5.74) is 1.22. The second kappa shape index (κ2) is 7.29. The first kappa shape index (κ1) is 14.0. The summed E-state index contributed by atoms with van der Waals surface area (Å²) in [7, 11) is 0. The fourth-order valence-corrected chi connectivity index (χ4v) is 1.74. The molecule has 17 heavy (non-hydrogen) atoms. The van der Waals surface area contributed by atoms with Crippen molar-refractivity contribution in [2.75, 3.05) is 12.8 Å². The number of hydrogen-bond donors (Lipinski definition) is 1. The smallest absolute Gasteiger partial charge is 0.269 e. The molecule has 0 bridgehead atoms. The molecule has 1 N–H and O–H groups in total. The molecule has 0 aliphatic rings. The van der Waals surface area contributed by atoms with Crippen LogP contribution in [0.1, 0.15) is 18.9 Å². The molecule has 0 amide bonds. The van der Waals surface area contributed by atoms with Gasteiger partial charge in [0.25, 0.3) is 5.69 Å². The average Bonchev–Trinajstić information content (AvgIpc) is 2.34. The number of thioether (sulfide) groups is 1. The zero-order chi connectivity index (χ0) is 12.7. The van der Waals surface area contributed by atoms with Crippen LogP contribution in [0.15, 0.2) is 24.3 Å². The molecule has 0 aliphatic heterocycles. The van der Waals surface area contributed by atoms with Crippen LogP contribution in [-0.4, -0.2) is 23.0 Å². The van der Waals surface area contributed by atoms with E-state index < -0.39 is 0 Å². The summed E-state index contributed by atoms with van der Waals surface area (Å²) < 4.78 is 0. The fraction of sp³-hybridized carbons (Fsp3) is 0.500. The lowest BCUT2D eigenvalue weighted by atomic mass is 10.2. The van der Waals surface area contributed by atoms with Gasteiger partial charge in [0.1, 0.15) is 0 Å². The van der Waals surface area contributed by atoms with Gasteiger partial charge in [-0.1, -0.05) is 19.1 Å². The highest BCUT2D eigenvalue weighted by Crippen LogP contribution is 2.12. The number of rotatable bonds is 7. The number of nitrogens with zero attached hydrogens (tertiary/aromatic N) is 1. The Bertz CT molecular complexity index is 354. The maximum atomic E-state index is 10.5. The summed E-state index contributed by atoms with van der Waals surface area (Å²) in [5.74, 6) is 0. The van der Waals surface area contributed by atoms with Crippen LogP contribution in [-0.2, 0) is 6.54 Å². The Labute approximate surface area is 106 Å². The van der Waals surface area contributed by atoms with Gasteiger partial charge in [-0.15, -0.1) is 0 Å². The average molecular weight is 254 g/mol. The Hall–Kier alpha value is -1.07. The zero-order valence-electron chi connectivity index (χ0n) is 10.2. The van der Waals surface area contributed by atoms with Crippen LogP contribution in [0.2, 0.25) is 0 Å². The first-order chi connectivity index (χ1) is 8.13. The van der Waals surface area contributed by atoms with Gasteiger partial charge in [0.2, 0.25) is 0 Å². The minimum Gasteiger partial charge on any atom is -0.313 e. The molecule has 1 rings (SSSR count). The Morgan fingerprint density at radius 2 is 2.06 bits per heavy atom. The van der Waals surface area contributed by atoms with Crippen molar-refractivity contribution >= 4 is 17.4 Å². The van der Waals surface area contributed by atoms with Crippen LogP contribution in [0, 0.1) is 10.1 Å². The summed E-state index contributed by atoms with van der Waals surface area (Å²) >= 11 is 1.86. The van der Waals surface area contributed by atoms with Crippen LogP contribution < -0.4 is 5.32 Å². The van der Waals surface area contributed by atoms with E-state index in [1.54, 1.807) is 24.3 Å². The molecule has 0 fully saturated rings. The third-order valence-corrected chi connectivity index (χ3v) is 3.65. The van der Waals surface area contributed by atoms with Crippen molar-refractivity contribution < 1.29 is 4.92 Å². The van der Waals surface area contributed by atoms with Gasteiger partial charge in [0.05, 0.1) is 4.92 Å². The molecule has 0 heterocycles.